The van der Waals surface area contributed by atoms with Crippen molar-refractivity contribution in [3.63, 3.8) is 0 Å². The van der Waals surface area contributed by atoms with Crippen molar-refractivity contribution >= 4 is 11.9 Å². The molecule has 0 saturated heterocycles. The number of amides is 1. The molecular formula is C28H30F4N3O5-. The zero-order valence-electron chi connectivity index (χ0n) is 22.2. The lowest BCUT2D eigenvalue weighted by molar-refractivity contribution is -0.307. The Hall–Kier alpha value is -3.77. The van der Waals surface area contributed by atoms with Crippen molar-refractivity contribution in [3.8, 4) is 5.69 Å². The van der Waals surface area contributed by atoms with Crippen LogP contribution in [-0.2, 0) is 17.8 Å². The van der Waals surface area contributed by atoms with Gasteiger partial charge in [0.05, 0.1) is 17.9 Å². The Labute approximate surface area is 228 Å². The van der Waals surface area contributed by atoms with E-state index < -0.39 is 60.3 Å². The van der Waals surface area contributed by atoms with Crippen LogP contribution in [0.3, 0.4) is 0 Å². The van der Waals surface area contributed by atoms with Gasteiger partial charge < -0.3 is 25.0 Å². The quantitative estimate of drug-likeness (QED) is 0.258. The van der Waals surface area contributed by atoms with Crippen molar-refractivity contribution < 1.29 is 42.5 Å². The number of carbonyl (C=O) groups excluding carboxylic acids is 2. The van der Waals surface area contributed by atoms with E-state index in [2.05, 4.69) is 5.10 Å². The summed E-state index contributed by atoms with van der Waals surface area (Å²) in [6.07, 6.45) is -3.07. The van der Waals surface area contributed by atoms with Gasteiger partial charge in [0.15, 0.2) is 17.3 Å². The van der Waals surface area contributed by atoms with Gasteiger partial charge in [-0.05, 0) is 55.5 Å². The highest BCUT2D eigenvalue weighted by Gasteiger charge is 2.29. The maximum atomic E-state index is 14.3. The van der Waals surface area contributed by atoms with Crippen molar-refractivity contribution in [3.05, 3.63) is 82.2 Å². The summed E-state index contributed by atoms with van der Waals surface area (Å²) in [5, 5.41) is 35.5. The lowest BCUT2D eigenvalue weighted by atomic mass is 9.95. The molecule has 8 nitrogen and oxygen atoms in total. The number of aliphatic hydroxyl groups excluding tert-OH is 2. The van der Waals surface area contributed by atoms with E-state index in [1.54, 1.807) is 13.8 Å². The predicted molar refractivity (Wildman–Crippen MR) is 134 cm³/mol. The van der Waals surface area contributed by atoms with Crippen LogP contribution in [0.4, 0.5) is 17.6 Å². The molecule has 0 aliphatic carbocycles. The monoisotopic (exact) mass is 564 g/mol. The van der Waals surface area contributed by atoms with Crippen LogP contribution in [0.1, 0.15) is 66.3 Å². The van der Waals surface area contributed by atoms with Crippen molar-refractivity contribution in [1.29, 1.82) is 0 Å². The molecule has 0 bridgehead atoms. The molecule has 1 heterocycles. The summed E-state index contributed by atoms with van der Waals surface area (Å²) in [6, 6.07) is 6.49. The smallest absolute Gasteiger partial charge is 0.274 e. The molecule has 0 unspecified atom stereocenters. The van der Waals surface area contributed by atoms with Crippen molar-refractivity contribution in [2.24, 2.45) is 0 Å². The third-order valence-corrected chi connectivity index (χ3v) is 6.36. The van der Waals surface area contributed by atoms with E-state index in [1.165, 1.54) is 36.0 Å². The second-order valence-corrected chi connectivity index (χ2v) is 9.93. The number of aromatic nitrogens is 2. The number of nitrogens with zero attached hydrogens (tertiary/aromatic N) is 3. The second kappa shape index (κ2) is 13.1. The molecule has 2 aromatic carbocycles. The van der Waals surface area contributed by atoms with Crippen LogP contribution in [0.25, 0.3) is 5.69 Å². The summed E-state index contributed by atoms with van der Waals surface area (Å²) in [6.45, 7) is 3.15. The number of carboxylic acid groups (broad SMARTS) is 1. The minimum atomic E-state index is -1.45. The molecule has 0 fully saturated rings. The molecule has 0 aliphatic heterocycles. The first-order valence-corrected chi connectivity index (χ1v) is 12.6. The Morgan fingerprint density at radius 1 is 1.02 bits per heavy atom. The number of halogens is 4. The molecule has 0 radical (unpaired) electrons. The van der Waals surface area contributed by atoms with Gasteiger partial charge in [0, 0.05) is 48.9 Å². The van der Waals surface area contributed by atoms with Crippen LogP contribution < -0.4 is 5.11 Å². The Morgan fingerprint density at radius 2 is 1.68 bits per heavy atom. The lowest BCUT2D eigenvalue weighted by Crippen LogP contribution is -2.29. The highest BCUT2D eigenvalue weighted by Crippen LogP contribution is 2.29. The molecule has 0 spiro atoms. The largest absolute Gasteiger partial charge is 0.550 e. The molecule has 3 aromatic rings. The minimum Gasteiger partial charge on any atom is -0.550 e. The first-order chi connectivity index (χ1) is 18.8. The second-order valence-electron chi connectivity index (χ2n) is 9.93. The first kappa shape index (κ1) is 30.8. The third-order valence-electron chi connectivity index (χ3n) is 6.36. The van der Waals surface area contributed by atoms with Crippen molar-refractivity contribution in [2.45, 2.75) is 64.2 Å². The van der Waals surface area contributed by atoms with Gasteiger partial charge in [-0.15, -0.1) is 0 Å². The van der Waals surface area contributed by atoms with Crippen LogP contribution in [-0.4, -0.2) is 56.0 Å². The molecule has 2 atom stereocenters. The number of benzene rings is 2. The number of carboxylic acids is 1. The predicted octanol–water partition coefficient (Wildman–Crippen LogP) is 3.01. The summed E-state index contributed by atoms with van der Waals surface area (Å²) < 4.78 is 56.7. The van der Waals surface area contributed by atoms with Crippen LogP contribution in [0.5, 0.6) is 0 Å². The molecular weight excluding hydrogens is 534 g/mol. The number of hydrogen-bond donors (Lipinski definition) is 2. The van der Waals surface area contributed by atoms with E-state index in [0.29, 0.717) is 23.0 Å². The SMILES string of the molecule is CC(C)c1c(C(=O)N(C)Cc2cc(F)cc(F)c2F)nn(-c2ccc(F)cc2)c1CC[C@@H](O)C[C@@H](O)CC(=O)[O-]. The van der Waals surface area contributed by atoms with Gasteiger partial charge in [-0.25, -0.2) is 22.2 Å². The highest BCUT2D eigenvalue weighted by molar-refractivity contribution is 5.94. The van der Waals surface area contributed by atoms with Crippen LogP contribution >= 0.6 is 0 Å². The van der Waals surface area contributed by atoms with Crippen LogP contribution in [0, 0.1) is 23.3 Å². The fourth-order valence-electron chi connectivity index (χ4n) is 4.51. The van der Waals surface area contributed by atoms with Crippen LogP contribution in [0.15, 0.2) is 36.4 Å². The molecule has 1 amide bonds. The van der Waals surface area contributed by atoms with Gasteiger partial charge in [-0.3, -0.25) is 4.79 Å². The minimum absolute atomic E-state index is 0.0272. The molecule has 2 N–H and O–H groups in total. The molecule has 12 heteroatoms. The van der Waals surface area contributed by atoms with E-state index in [-0.39, 0.29) is 36.4 Å². The van der Waals surface area contributed by atoms with E-state index >= 15 is 0 Å². The van der Waals surface area contributed by atoms with E-state index in [9.17, 15) is 42.5 Å². The fourth-order valence-corrected chi connectivity index (χ4v) is 4.51. The molecule has 40 heavy (non-hydrogen) atoms. The first-order valence-electron chi connectivity index (χ1n) is 12.6. The molecule has 0 aliphatic rings. The summed E-state index contributed by atoms with van der Waals surface area (Å²) >= 11 is 0. The molecule has 1 aromatic heterocycles. The number of carbonyl (C=O) groups is 2. The highest BCUT2D eigenvalue weighted by atomic mass is 19.2. The maximum absolute atomic E-state index is 14.3. The Kier molecular flexibility index (Phi) is 10.0. The Morgan fingerprint density at radius 3 is 2.27 bits per heavy atom. The third kappa shape index (κ3) is 7.45. The van der Waals surface area contributed by atoms with E-state index in [0.717, 1.165) is 11.0 Å². The number of aliphatic carboxylic acids is 1. The van der Waals surface area contributed by atoms with Gasteiger partial charge in [0.1, 0.15) is 11.6 Å². The van der Waals surface area contributed by atoms with Gasteiger partial charge in [-0.2, -0.15) is 5.10 Å². The lowest BCUT2D eigenvalue weighted by Gasteiger charge is -2.19. The number of hydrogen-bond acceptors (Lipinski definition) is 6. The fraction of sp³-hybridized carbons (Fsp3) is 0.393. The standard InChI is InChI=1S/C28H31F4N3O5/c1-15(2)25-23(9-8-20(36)12-21(37)13-24(38)39)35(19-6-4-17(29)5-7-19)33-27(25)28(40)34(3)14-16-10-18(30)11-22(31)26(16)32/h4-7,10-11,15,20-21,36-37H,8-9,12-14H2,1-3H3,(H,38,39)/p-1/t20-,21-/m1/s1. The van der Waals surface area contributed by atoms with E-state index in [4.69, 9.17) is 0 Å². The van der Waals surface area contributed by atoms with Gasteiger partial charge in [-0.1, -0.05) is 13.8 Å². The van der Waals surface area contributed by atoms with Crippen molar-refractivity contribution in [2.75, 3.05) is 7.05 Å². The average Bonchev–Trinajstić information content (AvgIpc) is 3.24. The Balaban J connectivity index is 1.98. The summed E-state index contributed by atoms with van der Waals surface area (Å²) in [7, 11) is 1.33. The van der Waals surface area contributed by atoms with Gasteiger partial charge in [0.2, 0.25) is 0 Å². The number of aliphatic hydroxyl groups is 2. The van der Waals surface area contributed by atoms with Crippen LogP contribution in [0.2, 0.25) is 0 Å². The topological polar surface area (TPSA) is 119 Å². The average molecular weight is 565 g/mol. The number of rotatable bonds is 12. The van der Waals surface area contributed by atoms with E-state index in [1.807, 2.05) is 0 Å². The van der Waals surface area contributed by atoms with Crippen molar-refractivity contribution in [1.82, 2.24) is 14.7 Å². The zero-order chi connectivity index (χ0) is 29.7. The summed E-state index contributed by atoms with van der Waals surface area (Å²) in [5.74, 6) is -6.57. The normalized spacial score (nSPS) is 12.9. The molecule has 216 valence electrons. The summed E-state index contributed by atoms with van der Waals surface area (Å²) in [4.78, 5) is 25.3. The molecule has 3 rings (SSSR count). The zero-order valence-corrected chi connectivity index (χ0v) is 22.2. The molecule has 0 saturated carbocycles. The van der Waals surface area contributed by atoms with Gasteiger partial charge in [0.25, 0.3) is 5.91 Å². The Bertz CT molecular complexity index is 1360. The van der Waals surface area contributed by atoms with Gasteiger partial charge >= 0.3 is 0 Å². The maximum Gasteiger partial charge on any atom is 0.274 e. The summed E-state index contributed by atoms with van der Waals surface area (Å²) in [5.41, 5.74) is 0.991.